The van der Waals surface area contributed by atoms with E-state index in [4.69, 9.17) is 4.74 Å². The summed E-state index contributed by atoms with van der Waals surface area (Å²) in [6, 6.07) is 0.420. The Morgan fingerprint density at radius 2 is 2.08 bits per heavy atom. The average molecular weight is 183 g/mol. The maximum Gasteiger partial charge on any atom is 0.249 e. The summed E-state index contributed by atoms with van der Waals surface area (Å²) in [6.07, 6.45) is 1.96. The zero-order chi connectivity index (χ0) is 9.42. The van der Waals surface area contributed by atoms with Crippen LogP contribution in [0.25, 0.3) is 0 Å². The van der Waals surface area contributed by atoms with Gasteiger partial charge in [0.2, 0.25) is 5.91 Å². The summed E-state index contributed by atoms with van der Waals surface area (Å²) in [7, 11) is 0. The van der Waals surface area contributed by atoms with E-state index in [1.54, 1.807) is 0 Å². The van der Waals surface area contributed by atoms with Crippen LogP contribution in [0.2, 0.25) is 0 Å². The smallest absolute Gasteiger partial charge is 0.249 e. The molecule has 1 N–H and O–H groups in total. The summed E-state index contributed by atoms with van der Waals surface area (Å²) in [6.45, 7) is 4.97. The van der Waals surface area contributed by atoms with E-state index < -0.39 is 0 Å². The Morgan fingerprint density at radius 3 is 2.54 bits per heavy atom. The van der Waals surface area contributed by atoms with Crippen LogP contribution in [0.4, 0.5) is 0 Å². The first-order valence-electron chi connectivity index (χ1n) is 5.10. The van der Waals surface area contributed by atoms with E-state index in [9.17, 15) is 4.79 Å². The molecular formula is C10H17NO2. The Bertz CT molecular complexity index is 217. The Morgan fingerprint density at radius 1 is 1.38 bits per heavy atom. The van der Waals surface area contributed by atoms with Gasteiger partial charge in [-0.1, -0.05) is 13.8 Å². The summed E-state index contributed by atoms with van der Waals surface area (Å²) in [5, 5.41) is 3.01. The lowest BCUT2D eigenvalue weighted by Gasteiger charge is -2.13. The molecule has 4 atom stereocenters. The first-order valence-corrected chi connectivity index (χ1v) is 5.10. The number of nitrogens with one attached hydrogen (secondary N) is 1. The van der Waals surface area contributed by atoms with Crippen molar-refractivity contribution in [3.63, 3.8) is 0 Å². The fourth-order valence-corrected chi connectivity index (χ4v) is 1.82. The van der Waals surface area contributed by atoms with E-state index >= 15 is 0 Å². The van der Waals surface area contributed by atoms with Crippen molar-refractivity contribution >= 4 is 5.91 Å². The van der Waals surface area contributed by atoms with Gasteiger partial charge in [0.25, 0.3) is 0 Å². The standard InChI is InChI=1S/C10H17NO2/c1-6-3-4-13-9(6)10(12)11-8-5-7(8)2/h6-9H,3-5H2,1-2H3,(H,11,12)/t6-,7?,8?,9+/m1/s1. The van der Waals surface area contributed by atoms with Crippen molar-refractivity contribution < 1.29 is 9.53 Å². The van der Waals surface area contributed by atoms with E-state index in [0.29, 0.717) is 17.9 Å². The van der Waals surface area contributed by atoms with Gasteiger partial charge >= 0.3 is 0 Å². The summed E-state index contributed by atoms with van der Waals surface area (Å²) < 4.78 is 5.38. The minimum absolute atomic E-state index is 0.0966. The van der Waals surface area contributed by atoms with E-state index in [0.717, 1.165) is 19.4 Å². The van der Waals surface area contributed by atoms with Crippen molar-refractivity contribution in [2.45, 2.75) is 38.8 Å². The molecule has 0 bridgehead atoms. The Labute approximate surface area is 78.8 Å². The third kappa shape index (κ3) is 1.85. The van der Waals surface area contributed by atoms with Crippen LogP contribution in [0, 0.1) is 11.8 Å². The molecule has 1 saturated heterocycles. The van der Waals surface area contributed by atoms with Crippen molar-refractivity contribution in [2.75, 3.05) is 6.61 Å². The van der Waals surface area contributed by atoms with Crippen molar-refractivity contribution in [1.82, 2.24) is 5.32 Å². The number of amides is 1. The molecule has 3 nitrogen and oxygen atoms in total. The van der Waals surface area contributed by atoms with Gasteiger partial charge in [-0.05, 0) is 24.7 Å². The molecule has 0 aromatic carbocycles. The number of hydrogen-bond acceptors (Lipinski definition) is 2. The normalized spacial score (nSPS) is 43.2. The van der Waals surface area contributed by atoms with Gasteiger partial charge in [-0.25, -0.2) is 0 Å². The molecule has 0 aromatic rings. The number of carbonyl (C=O) groups is 1. The number of rotatable bonds is 2. The highest BCUT2D eigenvalue weighted by Gasteiger charge is 2.38. The van der Waals surface area contributed by atoms with Gasteiger partial charge in [0.1, 0.15) is 6.10 Å². The van der Waals surface area contributed by atoms with Crippen molar-refractivity contribution in [1.29, 1.82) is 0 Å². The SMILES string of the molecule is CC1CC1NC(=O)[C@H]1OCC[C@H]1C. The number of hydrogen-bond donors (Lipinski definition) is 1. The van der Waals surface area contributed by atoms with Gasteiger partial charge in [0.05, 0.1) is 0 Å². The molecule has 74 valence electrons. The van der Waals surface area contributed by atoms with Gasteiger partial charge < -0.3 is 10.1 Å². The minimum Gasteiger partial charge on any atom is -0.368 e. The molecule has 0 radical (unpaired) electrons. The molecule has 13 heavy (non-hydrogen) atoms. The quantitative estimate of drug-likeness (QED) is 0.691. The topological polar surface area (TPSA) is 38.3 Å². The van der Waals surface area contributed by atoms with E-state index in [1.165, 1.54) is 0 Å². The second-order valence-corrected chi connectivity index (χ2v) is 4.39. The van der Waals surface area contributed by atoms with Crippen molar-refractivity contribution in [3.8, 4) is 0 Å². The van der Waals surface area contributed by atoms with Crippen LogP contribution in [0.1, 0.15) is 26.7 Å². The molecule has 2 rings (SSSR count). The molecule has 1 saturated carbocycles. The molecular weight excluding hydrogens is 166 g/mol. The summed E-state index contributed by atoms with van der Waals surface area (Å²) in [4.78, 5) is 11.6. The third-order valence-corrected chi connectivity index (χ3v) is 3.08. The van der Waals surface area contributed by atoms with Crippen LogP contribution < -0.4 is 5.32 Å². The molecule has 2 fully saturated rings. The fraction of sp³-hybridized carbons (Fsp3) is 0.900. The molecule has 0 aromatic heterocycles. The largest absolute Gasteiger partial charge is 0.368 e. The summed E-state index contributed by atoms with van der Waals surface area (Å²) in [5.74, 6) is 1.15. The average Bonchev–Trinajstić information content (AvgIpc) is 2.62. The summed E-state index contributed by atoms with van der Waals surface area (Å²) >= 11 is 0. The zero-order valence-electron chi connectivity index (χ0n) is 8.25. The molecule has 1 heterocycles. The molecule has 2 aliphatic rings. The highest BCUT2D eigenvalue weighted by atomic mass is 16.5. The second-order valence-electron chi connectivity index (χ2n) is 4.39. The first-order chi connectivity index (χ1) is 6.18. The van der Waals surface area contributed by atoms with E-state index in [2.05, 4.69) is 19.2 Å². The molecule has 1 aliphatic heterocycles. The predicted octanol–water partition coefficient (Wildman–Crippen LogP) is 0.936. The Kier molecular flexibility index (Phi) is 2.28. The van der Waals surface area contributed by atoms with Gasteiger partial charge in [-0.2, -0.15) is 0 Å². The van der Waals surface area contributed by atoms with Crippen LogP contribution >= 0.6 is 0 Å². The number of carbonyl (C=O) groups excluding carboxylic acids is 1. The van der Waals surface area contributed by atoms with Crippen molar-refractivity contribution in [2.24, 2.45) is 11.8 Å². The third-order valence-electron chi connectivity index (χ3n) is 3.08. The highest BCUT2D eigenvalue weighted by molar-refractivity contribution is 5.81. The first kappa shape index (κ1) is 9.00. The van der Waals surface area contributed by atoms with E-state index in [-0.39, 0.29) is 12.0 Å². The lowest BCUT2D eigenvalue weighted by molar-refractivity contribution is -0.131. The Balaban J connectivity index is 1.82. The van der Waals surface area contributed by atoms with Crippen LogP contribution in [-0.4, -0.2) is 24.7 Å². The lowest BCUT2D eigenvalue weighted by Crippen LogP contribution is -2.38. The lowest BCUT2D eigenvalue weighted by atomic mass is 10.0. The number of ether oxygens (including phenoxy) is 1. The van der Waals surface area contributed by atoms with Gasteiger partial charge in [-0.15, -0.1) is 0 Å². The van der Waals surface area contributed by atoms with Crippen LogP contribution in [-0.2, 0) is 9.53 Å². The van der Waals surface area contributed by atoms with E-state index in [1.807, 2.05) is 0 Å². The van der Waals surface area contributed by atoms with Gasteiger partial charge in [0, 0.05) is 12.6 Å². The van der Waals surface area contributed by atoms with Gasteiger partial charge in [-0.3, -0.25) is 4.79 Å². The van der Waals surface area contributed by atoms with Crippen molar-refractivity contribution in [3.05, 3.63) is 0 Å². The minimum atomic E-state index is -0.187. The summed E-state index contributed by atoms with van der Waals surface area (Å²) in [5.41, 5.74) is 0. The molecule has 2 unspecified atom stereocenters. The highest BCUT2D eigenvalue weighted by Crippen LogP contribution is 2.30. The second kappa shape index (κ2) is 3.29. The fourth-order valence-electron chi connectivity index (χ4n) is 1.82. The van der Waals surface area contributed by atoms with Crippen LogP contribution in [0.5, 0.6) is 0 Å². The molecule has 3 heteroatoms. The van der Waals surface area contributed by atoms with Crippen LogP contribution in [0.15, 0.2) is 0 Å². The Hall–Kier alpha value is -0.570. The zero-order valence-corrected chi connectivity index (χ0v) is 8.25. The monoisotopic (exact) mass is 183 g/mol. The maximum absolute atomic E-state index is 11.6. The molecule has 1 aliphatic carbocycles. The predicted molar refractivity (Wildman–Crippen MR) is 49.2 cm³/mol. The molecule has 1 amide bonds. The van der Waals surface area contributed by atoms with Gasteiger partial charge in [0.15, 0.2) is 0 Å². The van der Waals surface area contributed by atoms with Crippen LogP contribution in [0.3, 0.4) is 0 Å². The molecule has 0 spiro atoms. The maximum atomic E-state index is 11.6.